The van der Waals surface area contributed by atoms with Crippen LogP contribution in [0.15, 0.2) is 28.9 Å². The summed E-state index contributed by atoms with van der Waals surface area (Å²) >= 11 is 0. The Kier molecular flexibility index (Phi) is 5.06. The lowest BCUT2D eigenvalue weighted by atomic mass is 10.1. The van der Waals surface area contributed by atoms with E-state index in [0.29, 0.717) is 18.8 Å². The van der Waals surface area contributed by atoms with E-state index >= 15 is 0 Å². The van der Waals surface area contributed by atoms with Crippen LogP contribution in [0.3, 0.4) is 0 Å². The number of carbonyl (C=O) groups excluding carboxylic acids is 3. The first-order valence-corrected chi connectivity index (χ1v) is 8.32. The Morgan fingerprint density at radius 1 is 1.35 bits per heavy atom. The molecule has 1 atom stereocenters. The van der Waals surface area contributed by atoms with E-state index in [1.54, 1.807) is 28.0 Å². The molecule has 3 rings (SSSR count). The molecular weight excluding hydrogens is 338 g/mol. The zero-order valence-corrected chi connectivity index (χ0v) is 14.7. The van der Waals surface area contributed by atoms with Gasteiger partial charge in [-0.1, -0.05) is 0 Å². The average molecular weight is 359 g/mol. The van der Waals surface area contributed by atoms with Crippen molar-refractivity contribution >= 4 is 17.7 Å². The molecule has 9 heteroatoms. The lowest BCUT2D eigenvalue weighted by Crippen LogP contribution is -2.46. The number of hydrogen-bond acceptors (Lipinski definition) is 5. The van der Waals surface area contributed by atoms with Gasteiger partial charge in [0.15, 0.2) is 0 Å². The first kappa shape index (κ1) is 17.7. The first-order chi connectivity index (χ1) is 12.4. The van der Waals surface area contributed by atoms with E-state index < -0.39 is 5.92 Å². The van der Waals surface area contributed by atoms with Crippen molar-refractivity contribution in [2.75, 3.05) is 6.54 Å². The van der Waals surface area contributed by atoms with E-state index in [9.17, 15) is 14.4 Å². The monoisotopic (exact) mass is 359 g/mol. The van der Waals surface area contributed by atoms with Crippen LogP contribution in [0.5, 0.6) is 0 Å². The molecule has 9 nitrogen and oxygen atoms in total. The van der Waals surface area contributed by atoms with Crippen molar-refractivity contribution < 1.29 is 18.8 Å². The second kappa shape index (κ2) is 7.42. The molecule has 0 bridgehead atoms. The van der Waals surface area contributed by atoms with Gasteiger partial charge in [0.2, 0.25) is 11.8 Å². The number of nitrogens with one attached hydrogen (secondary N) is 2. The number of carbonyl (C=O) groups is 3. The van der Waals surface area contributed by atoms with E-state index in [-0.39, 0.29) is 30.7 Å². The maximum atomic E-state index is 12.2. The summed E-state index contributed by atoms with van der Waals surface area (Å²) in [6.07, 6.45) is 1.65. The van der Waals surface area contributed by atoms with Gasteiger partial charge in [0, 0.05) is 18.7 Å². The molecule has 2 aromatic rings. The highest BCUT2D eigenvalue weighted by Crippen LogP contribution is 2.20. The number of aryl methyl sites for hydroxylation is 2. The summed E-state index contributed by atoms with van der Waals surface area (Å²) in [6, 6.07) is 5.39. The molecule has 1 aliphatic heterocycles. The third-order valence-electron chi connectivity index (χ3n) is 4.23. The second-order valence-corrected chi connectivity index (χ2v) is 6.38. The van der Waals surface area contributed by atoms with Crippen LogP contribution < -0.4 is 10.9 Å². The number of amides is 3. The highest BCUT2D eigenvalue weighted by atomic mass is 16.3. The minimum atomic E-state index is -0.508. The molecule has 0 spiro atoms. The molecule has 3 heterocycles. The van der Waals surface area contributed by atoms with Crippen LogP contribution in [0.25, 0.3) is 0 Å². The standard InChI is InChI=1S/C17H21N5O4/c1-11-6-12(2)22(20-11)10-15(23)18-19-17(25)13-7-16(24)21(8-13)9-14-4-3-5-26-14/h3-6,13H,7-10H2,1-2H3,(H,18,23)(H,19,25). The van der Waals surface area contributed by atoms with Crippen LogP contribution in [0.1, 0.15) is 23.6 Å². The molecular formula is C17H21N5O4. The van der Waals surface area contributed by atoms with Crippen LogP contribution in [0, 0.1) is 19.8 Å². The van der Waals surface area contributed by atoms with Crippen LogP contribution in [-0.2, 0) is 27.5 Å². The average Bonchev–Trinajstić information content (AvgIpc) is 3.29. The van der Waals surface area contributed by atoms with Crippen LogP contribution in [0.2, 0.25) is 0 Å². The molecule has 0 saturated carbocycles. The Morgan fingerprint density at radius 3 is 2.81 bits per heavy atom. The fraction of sp³-hybridized carbons (Fsp3) is 0.412. The van der Waals surface area contributed by atoms with E-state index in [0.717, 1.165) is 11.4 Å². The van der Waals surface area contributed by atoms with Gasteiger partial charge in [-0.25, -0.2) is 0 Å². The van der Waals surface area contributed by atoms with Gasteiger partial charge in [0.25, 0.3) is 5.91 Å². The SMILES string of the molecule is Cc1cc(C)n(CC(=O)NNC(=O)C2CC(=O)N(Cc3ccco3)C2)n1. The lowest BCUT2D eigenvalue weighted by Gasteiger charge is -2.15. The maximum Gasteiger partial charge on any atom is 0.260 e. The van der Waals surface area contributed by atoms with Crippen LogP contribution in [-0.4, -0.2) is 38.9 Å². The number of aromatic nitrogens is 2. The third-order valence-corrected chi connectivity index (χ3v) is 4.23. The zero-order chi connectivity index (χ0) is 18.7. The topological polar surface area (TPSA) is 109 Å². The van der Waals surface area contributed by atoms with E-state index in [4.69, 9.17) is 4.42 Å². The quantitative estimate of drug-likeness (QED) is 0.746. The van der Waals surface area contributed by atoms with Gasteiger partial charge in [-0.05, 0) is 32.0 Å². The van der Waals surface area contributed by atoms with Crippen molar-refractivity contribution in [2.24, 2.45) is 5.92 Å². The summed E-state index contributed by atoms with van der Waals surface area (Å²) in [6.45, 7) is 4.32. The minimum absolute atomic E-state index is 0.00810. The van der Waals surface area contributed by atoms with Gasteiger partial charge < -0.3 is 9.32 Å². The molecule has 1 saturated heterocycles. The summed E-state index contributed by atoms with van der Waals surface area (Å²) in [4.78, 5) is 37.8. The van der Waals surface area contributed by atoms with Gasteiger partial charge in [-0.2, -0.15) is 5.10 Å². The molecule has 26 heavy (non-hydrogen) atoms. The van der Waals surface area contributed by atoms with Crippen molar-refractivity contribution in [1.82, 2.24) is 25.5 Å². The Hall–Kier alpha value is -3.10. The molecule has 1 unspecified atom stereocenters. The van der Waals surface area contributed by atoms with E-state index in [1.165, 1.54) is 0 Å². The summed E-state index contributed by atoms with van der Waals surface area (Å²) in [5.74, 6) is -0.733. The second-order valence-electron chi connectivity index (χ2n) is 6.38. The van der Waals surface area contributed by atoms with Gasteiger partial charge in [0.1, 0.15) is 12.3 Å². The van der Waals surface area contributed by atoms with Gasteiger partial charge in [0.05, 0.1) is 24.4 Å². The van der Waals surface area contributed by atoms with E-state index in [1.807, 2.05) is 19.9 Å². The van der Waals surface area contributed by atoms with Crippen LogP contribution >= 0.6 is 0 Å². The van der Waals surface area contributed by atoms with Gasteiger partial charge in [-0.15, -0.1) is 0 Å². The Morgan fingerprint density at radius 2 is 2.15 bits per heavy atom. The van der Waals surface area contributed by atoms with Gasteiger partial charge >= 0.3 is 0 Å². The summed E-state index contributed by atoms with van der Waals surface area (Å²) in [7, 11) is 0. The number of likely N-dealkylation sites (tertiary alicyclic amines) is 1. The molecule has 138 valence electrons. The molecule has 2 aromatic heterocycles. The normalized spacial score (nSPS) is 16.8. The first-order valence-electron chi connectivity index (χ1n) is 8.32. The molecule has 1 aliphatic rings. The van der Waals surface area contributed by atoms with Crippen molar-refractivity contribution in [3.63, 3.8) is 0 Å². The molecule has 0 aliphatic carbocycles. The number of hydrazine groups is 1. The van der Waals surface area contributed by atoms with Crippen molar-refractivity contribution in [3.8, 4) is 0 Å². The predicted octanol–water partition coefficient (Wildman–Crippen LogP) is 0.289. The number of furan rings is 1. The summed E-state index contributed by atoms with van der Waals surface area (Å²) < 4.78 is 6.78. The third kappa shape index (κ3) is 4.11. The molecule has 0 radical (unpaired) electrons. The number of hydrogen-bond donors (Lipinski definition) is 2. The highest BCUT2D eigenvalue weighted by Gasteiger charge is 2.34. The lowest BCUT2D eigenvalue weighted by molar-refractivity contribution is -0.131. The molecule has 2 N–H and O–H groups in total. The number of rotatable bonds is 5. The summed E-state index contributed by atoms with van der Waals surface area (Å²) in [5.41, 5.74) is 6.44. The maximum absolute atomic E-state index is 12.2. The van der Waals surface area contributed by atoms with E-state index in [2.05, 4.69) is 16.0 Å². The Bertz CT molecular complexity index is 811. The fourth-order valence-electron chi connectivity index (χ4n) is 2.94. The minimum Gasteiger partial charge on any atom is -0.467 e. The summed E-state index contributed by atoms with van der Waals surface area (Å²) in [5, 5.41) is 4.19. The zero-order valence-electron chi connectivity index (χ0n) is 14.7. The fourth-order valence-corrected chi connectivity index (χ4v) is 2.94. The largest absolute Gasteiger partial charge is 0.467 e. The van der Waals surface area contributed by atoms with Crippen LogP contribution in [0.4, 0.5) is 0 Å². The van der Waals surface area contributed by atoms with Crippen molar-refractivity contribution in [2.45, 2.75) is 33.4 Å². The molecule has 1 fully saturated rings. The highest BCUT2D eigenvalue weighted by molar-refractivity contribution is 5.90. The molecule has 0 aromatic carbocycles. The predicted molar refractivity (Wildman–Crippen MR) is 90.2 cm³/mol. The van der Waals surface area contributed by atoms with Gasteiger partial charge in [-0.3, -0.25) is 29.9 Å². The Balaban J connectivity index is 1.47. The number of nitrogens with zero attached hydrogens (tertiary/aromatic N) is 3. The Labute approximate surface area is 150 Å². The van der Waals surface area contributed by atoms with Crippen molar-refractivity contribution in [1.29, 1.82) is 0 Å². The smallest absolute Gasteiger partial charge is 0.260 e. The molecule has 3 amide bonds. The van der Waals surface area contributed by atoms with Crippen molar-refractivity contribution in [3.05, 3.63) is 41.6 Å².